The number of rotatable bonds is 7. The second kappa shape index (κ2) is 11.0. The molecule has 0 bridgehead atoms. The lowest BCUT2D eigenvalue weighted by atomic mass is 10.0. The quantitative estimate of drug-likeness (QED) is 0.423. The Bertz CT molecular complexity index is 1170. The Morgan fingerprint density at radius 1 is 0.971 bits per heavy atom. The predicted molar refractivity (Wildman–Crippen MR) is 136 cm³/mol. The summed E-state index contributed by atoms with van der Waals surface area (Å²) in [4.78, 5) is 27.5. The standard InChI is InChI=1S/C27H30FN3O4/c1-27(2,3)35-26(33)31(15-16-34-4)24-14-9-20(18-5-10-21(28)11-6-18)17-23(24)30-25(32)19-7-12-22(29)13-8-19/h5-14,17H,15-16,29H2,1-4H3,(H,30,32). The summed E-state index contributed by atoms with van der Waals surface area (Å²) < 4.78 is 24.2. The molecular formula is C27H30FN3O4. The van der Waals surface area contributed by atoms with Crippen molar-refractivity contribution in [3.63, 3.8) is 0 Å². The van der Waals surface area contributed by atoms with E-state index in [1.807, 2.05) is 0 Å². The number of benzene rings is 3. The largest absolute Gasteiger partial charge is 0.443 e. The molecule has 0 unspecified atom stereocenters. The maximum absolute atomic E-state index is 13.4. The first-order chi connectivity index (χ1) is 16.6. The van der Waals surface area contributed by atoms with Crippen LogP contribution in [-0.4, -0.2) is 37.9 Å². The van der Waals surface area contributed by atoms with E-state index in [9.17, 15) is 14.0 Å². The first-order valence-electron chi connectivity index (χ1n) is 11.1. The Morgan fingerprint density at radius 2 is 1.60 bits per heavy atom. The monoisotopic (exact) mass is 479 g/mol. The molecule has 8 heteroatoms. The number of nitrogens with zero attached hydrogens (tertiary/aromatic N) is 1. The van der Waals surface area contributed by atoms with Gasteiger partial charge in [0.2, 0.25) is 0 Å². The topological polar surface area (TPSA) is 93.9 Å². The normalized spacial score (nSPS) is 11.1. The van der Waals surface area contributed by atoms with Crippen molar-refractivity contribution >= 4 is 29.1 Å². The van der Waals surface area contributed by atoms with Gasteiger partial charge in [0.1, 0.15) is 11.4 Å². The lowest BCUT2D eigenvalue weighted by molar-refractivity contribution is 0.0569. The third-order valence-corrected chi connectivity index (χ3v) is 5.02. The van der Waals surface area contributed by atoms with Gasteiger partial charge in [0.05, 0.1) is 24.5 Å². The lowest BCUT2D eigenvalue weighted by Gasteiger charge is -2.29. The highest BCUT2D eigenvalue weighted by Gasteiger charge is 2.26. The Kier molecular flexibility index (Phi) is 8.09. The SMILES string of the molecule is COCCN(C(=O)OC(C)(C)C)c1ccc(-c2ccc(F)cc2)cc1NC(=O)c1ccc(N)cc1. The maximum Gasteiger partial charge on any atom is 0.414 e. The summed E-state index contributed by atoms with van der Waals surface area (Å²) in [7, 11) is 1.54. The van der Waals surface area contributed by atoms with E-state index >= 15 is 0 Å². The van der Waals surface area contributed by atoms with Gasteiger partial charge < -0.3 is 20.5 Å². The third kappa shape index (κ3) is 7.04. The predicted octanol–water partition coefficient (Wildman–Crippen LogP) is 5.72. The number of amides is 2. The van der Waals surface area contributed by atoms with Crippen LogP contribution in [0.4, 0.5) is 26.2 Å². The van der Waals surface area contributed by atoms with E-state index in [0.717, 1.165) is 11.1 Å². The van der Waals surface area contributed by atoms with E-state index in [0.29, 0.717) is 22.6 Å². The fourth-order valence-corrected chi connectivity index (χ4v) is 3.33. The van der Waals surface area contributed by atoms with Crippen molar-refractivity contribution in [1.82, 2.24) is 0 Å². The number of ether oxygens (including phenoxy) is 2. The van der Waals surface area contributed by atoms with Gasteiger partial charge in [-0.3, -0.25) is 9.69 Å². The van der Waals surface area contributed by atoms with E-state index in [-0.39, 0.29) is 24.9 Å². The minimum Gasteiger partial charge on any atom is -0.443 e. The second-order valence-electron chi connectivity index (χ2n) is 8.94. The molecule has 3 aromatic rings. The zero-order valence-corrected chi connectivity index (χ0v) is 20.3. The molecule has 184 valence electrons. The smallest absolute Gasteiger partial charge is 0.414 e. The van der Waals surface area contributed by atoms with Crippen LogP contribution in [0.3, 0.4) is 0 Å². The molecule has 0 aliphatic heterocycles. The number of carbonyl (C=O) groups excluding carboxylic acids is 2. The molecule has 0 spiro atoms. The molecule has 0 aliphatic carbocycles. The molecule has 0 aromatic heterocycles. The van der Waals surface area contributed by atoms with Crippen LogP contribution in [0.25, 0.3) is 11.1 Å². The Labute approximate surface area is 204 Å². The molecule has 0 heterocycles. The molecule has 0 atom stereocenters. The molecule has 2 amide bonds. The Balaban J connectivity index is 2.06. The molecule has 0 radical (unpaired) electrons. The Morgan fingerprint density at radius 3 is 2.20 bits per heavy atom. The van der Waals surface area contributed by atoms with E-state index < -0.39 is 11.7 Å². The summed E-state index contributed by atoms with van der Waals surface area (Å²) in [6.07, 6.45) is -0.577. The summed E-state index contributed by atoms with van der Waals surface area (Å²) in [6.45, 7) is 5.79. The Hall–Kier alpha value is -3.91. The van der Waals surface area contributed by atoms with Crippen LogP contribution in [0, 0.1) is 5.82 Å². The van der Waals surface area contributed by atoms with Crippen molar-refractivity contribution in [3.8, 4) is 11.1 Å². The minimum atomic E-state index is -0.718. The molecule has 3 aromatic carbocycles. The number of carbonyl (C=O) groups is 2. The zero-order valence-electron chi connectivity index (χ0n) is 20.3. The number of hydrogen-bond donors (Lipinski definition) is 2. The molecule has 3 rings (SSSR count). The van der Waals surface area contributed by atoms with Crippen LogP contribution in [0.15, 0.2) is 66.7 Å². The van der Waals surface area contributed by atoms with Gasteiger partial charge in [0.25, 0.3) is 5.91 Å². The van der Waals surface area contributed by atoms with Crippen LogP contribution in [0.5, 0.6) is 0 Å². The van der Waals surface area contributed by atoms with Crippen molar-refractivity contribution in [1.29, 1.82) is 0 Å². The maximum atomic E-state index is 13.4. The number of methoxy groups -OCH3 is 1. The zero-order chi connectivity index (χ0) is 25.6. The summed E-state index contributed by atoms with van der Waals surface area (Å²) in [6, 6.07) is 17.8. The van der Waals surface area contributed by atoms with Gasteiger partial charge in [-0.05, 0) is 80.4 Å². The average Bonchev–Trinajstić information content (AvgIpc) is 2.80. The average molecular weight is 480 g/mol. The van der Waals surface area contributed by atoms with Crippen molar-refractivity contribution in [2.75, 3.05) is 36.2 Å². The molecule has 35 heavy (non-hydrogen) atoms. The van der Waals surface area contributed by atoms with Gasteiger partial charge in [0, 0.05) is 18.4 Å². The highest BCUT2D eigenvalue weighted by Crippen LogP contribution is 2.33. The van der Waals surface area contributed by atoms with Crippen molar-refractivity contribution in [2.24, 2.45) is 0 Å². The van der Waals surface area contributed by atoms with E-state index in [1.54, 1.807) is 75.4 Å². The van der Waals surface area contributed by atoms with Crippen LogP contribution in [0.2, 0.25) is 0 Å². The number of anilines is 3. The fraction of sp³-hybridized carbons (Fsp3) is 0.259. The number of halogens is 1. The highest BCUT2D eigenvalue weighted by atomic mass is 19.1. The minimum absolute atomic E-state index is 0.200. The second-order valence-corrected chi connectivity index (χ2v) is 8.94. The number of nitrogens with two attached hydrogens (primary N) is 1. The van der Waals surface area contributed by atoms with Gasteiger partial charge in [0.15, 0.2) is 0 Å². The molecule has 3 N–H and O–H groups in total. The van der Waals surface area contributed by atoms with Gasteiger partial charge in [-0.2, -0.15) is 0 Å². The van der Waals surface area contributed by atoms with Gasteiger partial charge in [-0.15, -0.1) is 0 Å². The molecular weight excluding hydrogens is 449 g/mol. The van der Waals surface area contributed by atoms with Gasteiger partial charge in [-0.1, -0.05) is 18.2 Å². The van der Waals surface area contributed by atoms with Crippen LogP contribution in [0.1, 0.15) is 31.1 Å². The van der Waals surface area contributed by atoms with Crippen molar-refractivity contribution in [2.45, 2.75) is 26.4 Å². The molecule has 0 saturated carbocycles. The van der Waals surface area contributed by atoms with E-state index in [1.165, 1.54) is 24.1 Å². The molecule has 7 nitrogen and oxygen atoms in total. The van der Waals surface area contributed by atoms with Gasteiger partial charge >= 0.3 is 6.09 Å². The highest BCUT2D eigenvalue weighted by molar-refractivity contribution is 6.07. The molecule has 0 saturated heterocycles. The third-order valence-electron chi connectivity index (χ3n) is 5.02. The number of hydrogen-bond acceptors (Lipinski definition) is 5. The van der Waals surface area contributed by atoms with Crippen LogP contribution >= 0.6 is 0 Å². The number of nitrogens with one attached hydrogen (secondary N) is 1. The molecule has 0 fully saturated rings. The summed E-state index contributed by atoms with van der Waals surface area (Å²) in [5.74, 6) is -0.726. The van der Waals surface area contributed by atoms with E-state index in [2.05, 4.69) is 5.32 Å². The first kappa shape index (κ1) is 25.7. The summed E-state index contributed by atoms with van der Waals surface area (Å²) in [5, 5.41) is 2.90. The number of nitrogen functional groups attached to an aromatic ring is 1. The molecule has 0 aliphatic rings. The van der Waals surface area contributed by atoms with Gasteiger partial charge in [-0.25, -0.2) is 9.18 Å². The first-order valence-corrected chi connectivity index (χ1v) is 11.1. The van der Waals surface area contributed by atoms with Crippen LogP contribution in [-0.2, 0) is 9.47 Å². The van der Waals surface area contributed by atoms with Crippen molar-refractivity contribution in [3.05, 3.63) is 78.1 Å². The summed E-state index contributed by atoms with van der Waals surface area (Å²) >= 11 is 0. The summed E-state index contributed by atoms with van der Waals surface area (Å²) in [5.41, 5.74) is 8.27. The lowest BCUT2D eigenvalue weighted by Crippen LogP contribution is -2.39. The van der Waals surface area contributed by atoms with E-state index in [4.69, 9.17) is 15.2 Å². The van der Waals surface area contributed by atoms with Crippen LogP contribution < -0.4 is 16.0 Å². The van der Waals surface area contributed by atoms with Crippen molar-refractivity contribution < 1.29 is 23.5 Å². The fourth-order valence-electron chi connectivity index (χ4n) is 3.33.